The van der Waals surface area contributed by atoms with Crippen LogP contribution in [0.2, 0.25) is 10.2 Å². The summed E-state index contributed by atoms with van der Waals surface area (Å²) in [5, 5.41) is 3.20. The lowest BCUT2D eigenvalue weighted by molar-refractivity contribution is -0.113. The SMILES string of the molecule is CCN(CC)CCNC(=O)c1c[nH]c(/C=C2\C(=O)N(Cc3cc(Cl)c(OC)c(OC)c3OC)c3nc(N)nc(Cl)c32)c1. The average molecular weight is 619 g/mol. The van der Waals surface area contributed by atoms with Crippen LogP contribution >= 0.6 is 23.2 Å². The molecule has 3 aromatic rings. The Balaban J connectivity index is 1.67. The van der Waals surface area contributed by atoms with Crippen molar-refractivity contribution in [2.75, 3.05) is 58.1 Å². The van der Waals surface area contributed by atoms with Crippen molar-refractivity contribution in [2.45, 2.75) is 20.4 Å². The van der Waals surface area contributed by atoms with Gasteiger partial charge in [-0.05, 0) is 31.3 Å². The maximum Gasteiger partial charge on any atom is 0.260 e. The Labute approximate surface area is 253 Å². The Hall–Kier alpha value is -4.00. The van der Waals surface area contributed by atoms with E-state index in [9.17, 15) is 9.59 Å². The summed E-state index contributed by atoms with van der Waals surface area (Å²) in [6.07, 6.45) is 3.17. The van der Waals surface area contributed by atoms with Crippen molar-refractivity contribution in [1.82, 2.24) is 25.2 Å². The highest BCUT2D eigenvalue weighted by molar-refractivity contribution is 6.41. The number of nitrogens with two attached hydrogens (primary N) is 1. The first-order valence-electron chi connectivity index (χ1n) is 13.2. The van der Waals surface area contributed by atoms with E-state index in [1.807, 2.05) is 0 Å². The molecule has 1 aliphatic heterocycles. The van der Waals surface area contributed by atoms with Crippen molar-refractivity contribution in [3.8, 4) is 17.2 Å². The number of anilines is 2. The van der Waals surface area contributed by atoms with Crippen LogP contribution in [0, 0.1) is 0 Å². The molecule has 224 valence electrons. The number of likely N-dealkylation sites (N-methyl/N-ethyl adjacent to an activating group) is 1. The number of nitrogen functional groups attached to an aromatic ring is 1. The van der Waals surface area contributed by atoms with E-state index in [1.54, 1.807) is 24.4 Å². The number of hydrogen-bond donors (Lipinski definition) is 3. The minimum Gasteiger partial charge on any atom is -0.492 e. The van der Waals surface area contributed by atoms with Gasteiger partial charge in [0.05, 0.1) is 49.6 Å². The quantitative estimate of drug-likeness (QED) is 0.203. The van der Waals surface area contributed by atoms with Crippen LogP contribution in [-0.4, -0.2) is 79.2 Å². The predicted octanol–water partition coefficient (Wildman–Crippen LogP) is 3.88. The van der Waals surface area contributed by atoms with E-state index in [0.29, 0.717) is 40.4 Å². The van der Waals surface area contributed by atoms with Gasteiger partial charge in [-0.2, -0.15) is 4.98 Å². The molecule has 3 heterocycles. The zero-order chi connectivity index (χ0) is 30.6. The first-order valence-corrected chi connectivity index (χ1v) is 14.0. The minimum absolute atomic E-state index is 0.00980. The van der Waals surface area contributed by atoms with Gasteiger partial charge in [-0.1, -0.05) is 37.0 Å². The summed E-state index contributed by atoms with van der Waals surface area (Å²) < 4.78 is 16.5. The maximum atomic E-state index is 13.9. The molecule has 1 aromatic carbocycles. The van der Waals surface area contributed by atoms with Crippen LogP contribution in [0.1, 0.15) is 41.0 Å². The summed E-state index contributed by atoms with van der Waals surface area (Å²) in [5.41, 5.74) is 7.90. The van der Waals surface area contributed by atoms with Crippen molar-refractivity contribution >= 4 is 58.4 Å². The number of carbonyl (C=O) groups excluding carboxylic acids is 2. The van der Waals surface area contributed by atoms with Crippen LogP contribution in [0.3, 0.4) is 0 Å². The summed E-state index contributed by atoms with van der Waals surface area (Å²) in [6, 6.07) is 3.28. The molecular formula is C28H33Cl2N7O5. The first kappa shape index (κ1) is 30.9. The maximum absolute atomic E-state index is 13.9. The number of nitrogens with one attached hydrogen (secondary N) is 2. The summed E-state index contributed by atoms with van der Waals surface area (Å²) in [5.74, 6) is 0.382. The van der Waals surface area contributed by atoms with Gasteiger partial charge in [0.15, 0.2) is 17.3 Å². The fraction of sp³-hybridized carbons (Fsp3) is 0.357. The van der Waals surface area contributed by atoms with E-state index < -0.39 is 5.91 Å². The largest absolute Gasteiger partial charge is 0.492 e. The first-order chi connectivity index (χ1) is 20.2. The Bertz CT molecular complexity index is 1520. The Morgan fingerprint density at radius 3 is 2.43 bits per heavy atom. The second kappa shape index (κ2) is 13.3. The number of methoxy groups -OCH3 is 3. The lowest BCUT2D eigenvalue weighted by Gasteiger charge is -2.21. The highest BCUT2D eigenvalue weighted by Gasteiger charge is 2.38. The summed E-state index contributed by atoms with van der Waals surface area (Å²) >= 11 is 13.0. The Morgan fingerprint density at radius 1 is 1.10 bits per heavy atom. The van der Waals surface area contributed by atoms with Gasteiger partial charge in [0.25, 0.3) is 11.8 Å². The third-order valence-electron chi connectivity index (χ3n) is 6.90. The van der Waals surface area contributed by atoms with Crippen LogP contribution in [0.15, 0.2) is 18.3 Å². The number of ether oxygens (including phenoxy) is 3. The molecule has 0 saturated carbocycles. The second-order valence-electron chi connectivity index (χ2n) is 9.26. The molecule has 1 aliphatic rings. The molecule has 2 aromatic heterocycles. The van der Waals surface area contributed by atoms with Crippen molar-refractivity contribution < 1.29 is 23.8 Å². The molecule has 12 nitrogen and oxygen atoms in total. The normalized spacial score (nSPS) is 13.6. The second-order valence-corrected chi connectivity index (χ2v) is 10.0. The molecule has 0 bridgehead atoms. The number of aromatic nitrogens is 3. The molecule has 0 aliphatic carbocycles. The van der Waals surface area contributed by atoms with E-state index in [0.717, 1.165) is 19.6 Å². The number of amides is 2. The number of fused-ring (bicyclic) bond motifs is 1. The van der Waals surface area contributed by atoms with Crippen molar-refractivity contribution in [2.24, 2.45) is 0 Å². The van der Waals surface area contributed by atoms with E-state index in [1.165, 1.54) is 26.2 Å². The average Bonchev–Trinajstić information content (AvgIpc) is 3.54. The molecule has 4 rings (SSSR count). The van der Waals surface area contributed by atoms with Crippen LogP contribution in [-0.2, 0) is 11.3 Å². The van der Waals surface area contributed by atoms with Gasteiger partial charge in [0, 0.05) is 30.5 Å². The van der Waals surface area contributed by atoms with E-state index in [2.05, 4.69) is 39.0 Å². The van der Waals surface area contributed by atoms with Gasteiger partial charge in [0.2, 0.25) is 11.7 Å². The zero-order valence-electron chi connectivity index (χ0n) is 24.0. The molecule has 0 saturated heterocycles. The van der Waals surface area contributed by atoms with Gasteiger partial charge < -0.3 is 35.1 Å². The summed E-state index contributed by atoms with van der Waals surface area (Å²) in [7, 11) is 4.39. The van der Waals surface area contributed by atoms with Crippen molar-refractivity contribution in [3.05, 3.63) is 50.9 Å². The van der Waals surface area contributed by atoms with E-state index in [4.69, 9.17) is 43.1 Å². The fourth-order valence-electron chi connectivity index (χ4n) is 4.77. The highest BCUT2D eigenvalue weighted by atomic mass is 35.5. The Kier molecular flexibility index (Phi) is 9.81. The van der Waals surface area contributed by atoms with Crippen LogP contribution in [0.25, 0.3) is 11.6 Å². The predicted molar refractivity (Wildman–Crippen MR) is 163 cm³/mol. The van der Waals surface area contributed by atoms with Gasteiger partial charge in [-0.3, -0.25) is 14.5 Å². The number of nitrogens with zero attached hydrogens (tertiary/aromatic N) is 4. The number of hydrogen-bond acceptors (Lipinski definition) is 9. The van der Waals surface area contributed by atoms with Crippen LogP contribution in [0.4, 0.5) is 11.8 Å². The molecule has 0 spiro atoms. The highest BCUT2D eigenvalue weighted by Crippen LogP contribution is 2.47. The van der Waals surface area contributed by atoms with E-state index in [-0.39, 0.29) is 45.7 Å². The molecule has 0 radical (unpaired) electrons. The minimum atomic E-state index is -0.417. The van der Waals surface area contributed by atoms with Crippen molar-refractivity contribution in [3.63, 3.8) is 0 Å². The summed E-state index contributed by atoms with van der Waals surface area (Å²) in [4.78, 5) is 41.6. The monoisotopic (exact) mass is 617 g/mol. The third kappa shape index (κ3) is 6.10. The van der Waals surface area contributed by atoms with Gasteiger partial charge in [-0.15, -0.1) is 0 Å². The van der Waals surface area contributed by atoms with Gasteiger partial charge in [0.1, 0.15) is 5.15 Å². The smallest absolute Gasteiger partial charge is 0.260 e. The zero-order valence-corrected chi connectivity index (χ0v) is 25.5. The number of aromatic amines is 1. The standard InChI is InChI=1S/C28H33Cl2N7O5/c1-6-36(7-2)9-8-32-26(38)15-10-17(33-13-15)12-18-20-24(30)34-28(31)35-25(20)37(27(18)39)14-16-11-19(29)22(41-4)23(42-5)21(16)40-3/h10-13,33H,6-9,14H2,1-5H3,(H,32,38)(H2,31,34,35)/b18-12-. The van der Waals surface area contributed by atoms with E-state index >= 15 is 0 Å². The lowest BCUT2D eigenvalue weighted by atomic mass is 10.1. The molecule has 14 heteroatoms. The molecular weight excluding hydrogens is 585 g/mol. The molecule has 2 amide bonds. The molecule has 0 atom stereocenters. The molecule has 0 fully saturated rings. The molecule has 0 unspecified atom stereocenters. The lowest BCUT2D eigenvalue weighted by Crippen LogP contribution is -2.34. The number of carbonyl (C=O) groups is 2. The third-order valence-corrected chi connectivity index (χ3v) is 7.46. The number of rotatable bonds is 12. The van der Waals surface area contributed by atoms with Crippen molar-refractivity contribution in [1.29, 1.82) is 0 Å². The number of halogens is 2. The molecule has 4 N–H and O–H groups in total. The Morgan fingerprint density at radius 2 is 1.79 bits per heavy atom. The molecule has 42 heavy (non-hydrogen) atoms. The van der Waals surface area contributed by atoms with Gasteiger partial charge >= 0.3 is 0 Å². The van der Waals surface area contributed by atoms with Crippen LogP contribution in [0.5, 0.6) is 17.2 Å². The fourth-order valence-corrected chi connectivity index (χ4v) is 5.34. The number of H-pyrrole nitrogens is 1. The van der Waals surface area contributed by atoms with Crippen LogP contribution < -0.4 is 30.2 Å². The topological polar surface area (TPSA) is 148 Å². The van der Waals surface area contributed by atoms with Gasteiger partial charge in [-0.25, -0.2) is 4.98 Å². The number of benzene rings is 1. The summed E-state index contributed by atoms with van der Waals surface area (Å²) in [6.45, 7) is 7.22.